The molecule has 0 bridgehead atoms. The van der Waals surface area contributed by atoms with E-state index in [1.54, 1.807) is 24.5 Å². The lowest BCUT2D eigenvalue weighted by Crippen LogP contribution is -2.16. The summed E-state index contributed by atoms with van der Waals surface area (Å²) in [5.74, 6) is -0.278. The smallest absolute Gasteiger partial charge is 0.216 e. The van der Waals surface area contributed by atoms with Crippen molar-refractivity contribution >= 4 is 44.6 Å². The van der Waals surface area contributed by atoms with Crippen molar-refractivity contribution in [3.63, 3.8) is 0 Å². The molecule has 5 aromatic rings. The van der Waals surface area contributed by atoms with E-state index >= 15 is 0 Å². The molecule has 0 aliphatic heterocycles. The van der Waals surface area contributed by atoms with Gasteiger partial charge in [0.15, 0.2) is 5.78 Å². The molecule has 6 nitrogen and oxygen atoms in total. The number of carbonyl (C=O) groups excluding carboxylic acids is 2. The minimum absolute atomic E-state index is 0.0627. The molecule has 1 N–H and O–H groups in total. The Balaban J connectivity index is 1.62. The van der Waals surface area contributed by atoms with Crippen molar-refractivity contribution in [2.45, 2.75) is 6.92 Å². The Hall–Kier alpha value is -4.45. The monoisotopic (exact) mass is 416 g/mol. The number of aromatic nitrogens is 3. The van der Waals surface area contributed by atoms with Crippen LogP contribution in [-0.2, 0) is 0 Å². The summed E-state index contributed by atoms with van der Waals surface area (Å²) < 4.78 is 0. The summed E-state index contributed by atoms with van der Waals surface area (Å²) in [5.41, 5.74) is 4.41. The fourth-order valence-corrected chi connectivity index (χ4v) is 4.38. The Kier molecular flexibility index (Phi) is 3.89. The molecule has 0 unspecified atom stereocenters. The van der Waals surface area contributed by atoms with E-state index in [0.717, 1.165) is 21.7 Å². The molecule has 0 spiro atoms. The van der Waals surface area contributed by atoms with Crippen LogP contribution in [0.4, 0.5) is 11.4 Å². The molecule has 3 heterocycles. The maximum Gasteiger partial charge on any atom is 0.216 e. The largest absolute Gasteiger partial charge is 0.354 e. The van der Waals surface area contributed by atoms with Gasteiger partial charge in [-0.3, -0.25) is 19.6 Å². The first kappa shape index (κ1) is 18.3. The third-order valence-corrected chi connectivity index (χ3v) is 5.81. The van der Waals surface area contributed by atoms with Crippen LogP contribution >= 0.6 is 0 Å². The lowest BCUT2D eigenvalue weighted by atomic mass is 9.89. The van der Waals surface area contributed by atoms with Gasteiger partial charge in [0.25, 0.3) is 0 Å². The Labute approximate surface area is 183 Å². The van der Waals surface area contributed by atoms with Crippen LogP contribution in [0.1, 0.15) is 33.3 Å². The van der Waals surface area contributed by atoms with Gasteiger partial charge >= 0.3 is 0 Å². The molecule has 2 aromatic carbocycles. The zero-order chi connectivity index (χ0) is 21.8. The Morgan fingerprint density at radius 2 is 1.53 bits per heavy atom. The summed E-state index contributed by atoms with van der Waals surface area (Å²) in [7, 11) is 0. The van der Waals surface area contributed by atoms with Crippen LogP contribution in [0.15, 0.2) is 73.1 Å². The SMILES string of the molecule is CC(=O)c1ccccc1Nc1ccnc2c1C(=O)c1nc3ccccc3c3ccnc-2c13. The van der Waals surface area contributed by atoms with Gasteiger partial charge in [0.05, 0.1) is 22.5 Å². The summed E-state index contributed by atoms with van der Waals surface area (Å²) in [6.07, 6.45) is 3.38. The number of anilines is 2. The van der Waals surface area contributed by atoms with Gasteiger partial charge in [0.1, 0.15) is 11.4 Å². The summed E-state index contributed by atoms with van der Waals surface area (Å²) in [6.45, 7) is 1.52. The molecule has 3 aromatic heterocycles. The van der Waals surface area contributed by atoms with Crippen LogP contribution in [0.3, 0.4) is 0 Å². The van der Waals surface area contributed by atoms with E-state index in [9.17, 15) is 9.59 Å². The van der Waals surface area contributed by atoms with Crippen molar-refractivity contribution in [3.05, 3.63) is 89.9 Å². The second kappa shape index (κ2) is 6.78. The molecule has 6 rings (SSSR count). The van der Waals surface area contributed by atoms with Crippen LogP contribution in [0.25, 0.3) is 33.1 Å². The molecule has 0 radical (unpaired) electrons. The van der Waals surface area contributed by atoms with E-state index in [4.69, 9.17) is 4.98 Å². The second-order valence-corrected chi connectivity index (χ2v) is 7.70. The van der Waals surface area contributed by atoms with Crippen LogP contribution in [0.5, 0.6) is 0 Å². The molecule has 0 saturated carbocycles. The molecular formula is C26H16N4O2. The van der Waals surface area contributed by atoms with Crippen LogP contribution in [0, 0.1) is 0 Å². The van der Waals surface area contributed by atoms with E-state index in [1.165, 1.54) is 6.92 Å². The number of rotatable bonds is 3. The van der Waals surface area contributed by atoms with Gasteiger partial charge in [0.2, 0.25) is 5.78 Å². The van der Waals surface area contributed by atoms with Gasteiger partial charge in [-0.05, 0) is 42.6 Å². The number of benzene rings is 2. The number of carbonyl (C=O) groups is 2. The van der Waals surface area contributed by atoms with Gasteiger partial charge in [-0.2, -0.15) is 0 Å². The highest BCUT2D eigenvalue weighted by molar-refractivity contribution is 6.28. The maximum atomic E-state index is 13.7. The maximum absolute atomic E-state index is 13.7. The fraction of sp³-hybridized carbons (Fsp3) is 0.0385. The quantitative estimate of drug-likeness (QED) is 0.310. The average molecular weight is 416 g/mol. The summed E-state index contributed by atoms with van der Waals surface area (Å²) in [5, 5.41) is 5.89. The molecule has 0 fully saturated rings. The summed E-state index contributed by atoms with van der Waals surface area (Å²) in [6, 6.07) is 18.6. The molecular weight excluding hydrogens is 400 g/mol. The Bertz CT molecular complexity index is 1610. The van der Waals surface area contributed by atoms with Gasteiger partial charge in [-0.1, -0.05) is 30.3 Å². The average Bonchev–Trinajstić information content (AvgIpc) is 2.82. The number of nitrogens with one attached hydrogen (secondary N) is 1. The van der Waals surface area contributed by atoms with Crippen molar-refractivity contribution in [2.24, 2.45) is 0 Å². The van der Waals surface area contributed by atoms with Crippen molar-refractivity contribution < 1.29 is 9.59 Å². The number of Topliss-reactive ketones (excluding diaryl/α,β-unsaturated/α-hetero) is 1. The molecule has 32 heavy (non-hydrogen) atoms. The molecule has 6 heteroatoms. The first-order valence-electron chi connectivity index (χ1n) is 10.2. The van der Waals surface area contributed by atoms with E-state index in [0.29, 0.717) is 39.6 Å². The van der Waals surface area contributed by atoms with Gasteiger partial charge in [-0.15, -0.1) is 0 Å². The minimum Gasteiger partial charge on any atom is -0.354 e. The molecule has 0 atom stereocenters. The Morgan fingerprint density at radius 1 is 0.781 bits per heavy atom. The van der Waals surface area contributed by atoms with E-state index in [-0.39, 0.29) is 11.6 Å². The van der Waals surface area contributed by atoms with Crippen molar-refractivity contribution in [1.29, 1.82) is 0 Å². The number of hydrogen-bond acceptors (Lipinski definition) is 6. The van der Waals surface area contributed by atoms with Crippen LogP contribution in [0.2, 0.25) is 0 Å². The summed E-state index contributed by atoms with van der Waals surface area (Å²) in [4.78, 5) is 39.6. The zero-order valence-corrected chi connectivity index (χ0v) is 17.1. The predicted molar refractivity (Wildman–Crippen MR) is 123 cm³/mol. The lowest BCUT2D eigenvalue weighted by molar-refractivity contribution is 0.101. The minimum atomic E-state index is -0.216. The van der Waals surface area contributed by atoms with Crippen molar-refractivity contribution in [3.8, 4) is 11.4 Å². The second-order valence-electron chi connectivity index (χ2n) is 7.70. The normalized spacial score (nSPS) is 12.1. The number of pyridine rings is 3. The van der Waals surface area contributed by atoms with Crippen molar-refractivity contribution in [1.82, 2.24) is 15.0 Å². The zero-order valence-electron chi connectivity index (χ0n) is 17.1. The van der Waals surface area contributed by atoms with Crippen LogP contribution < -0.4 is 5.32 Å². The highest BCUT2D eigenvalue weighted by Gasteiger charge is 2.32. The number of para-hydroxylation sites is 2. The molecule has 0 saturated heterocycles. The Morgan fingerprint density at radius 3 is 2.41 bits per heavy atom. The van der Waals surface area contributed by atoms with E-state index < -0.39 is 0 Å². The standard InChI is InChI=1S/C26H16N4O2/c1-14(31)15-6-2-4-8-18(15)29-20-11-13-28-24-22(20)26(32)25-21-17(10-12-27-23(21)24)16-7-3-5-9-19(16)30-25/h2-13H,1H3,(H,28,29). The van der Waals surface area contributed by atoms with Crippen LogP contribution in [-0.4, -0.2) is 26.5 Å². The van der Waals surface area contributed by atoms with E-state index in [2.05, 4.69) is 15.3 Å². The first-order chi connectivity index (χ1) is 15.6. The predicted octanol–water partition coefficient (Wildman–Crippen LogP) is 5.34. The first-order valence-corrected chi connectivity index (χ1v) is 10.2. The lowest BCUT2D eigenvalue weighted by Gasteiger charge is -2.21. The number of hydrogen-bond donors (Lipinski definition) is 1. The third kappa shape index (κ3) is 2.56. The fourth-order valence-electron chi connectivity index (χ4n) is 4.38. The number of fused-ring (bicyclic) bond motifs is 4. The molecule has 1 aliphatic carbocycles. The highest BCUT2D eigenvalue weighted by atomic mass is 16.1. The number of nitrogens with zero attached hydrogens (tertiary/aromatic N) is 3. The summed E-state index contributed by atoms with van der Waals surface area (Å²) >= 11 is 0. The third-order valence-electron chi connectivity index (χ3n) is 5.81. The van der Waals surface area contributed by atoms with Gasteiger partial charge in [-0.25, -0.2) is 4.98 Å². The topological polar surface area (TPSA) is 84.8 Å². The highest BCUT2D eigenvalue weighted by Crippen LogP contribution is 2.41. The molecule has 152 valence electrons. The van der Waals surface area contributed by atoms with Gasteiger partial charge < -0.3 is 5.32 Å². The number of ketones is 2. The molecule has 0 amide bonds. The van der Waals surface area contributed by atoms with Gasteiger partial charge in [0, 0.05) is 34.4 Å². The van der Waals surface area contributed by atoms with E-state index in [1.807, 2.05) is 48.5 Å². The molecule has 1 aliphatic rings. The van der Waals surface area contributed by atoms with Crippen molar-refractivity contribution in [2.75, 3.05) is 5.32 Å².